The topological polar surface area (TPSA) is 79.7 Å². The molecule has 0 bridgehead atoms. The molecule has 0 aliphatic rings. The molecule has 0 saturated carbocycles. The minimum Gasteiger partial charge on any atom is -0.272 e. The van der Waals surface area contributed by atoms with Crippen LogP contribution in [0.5, 0.6) is 0 Å². The Bertz CT molecular complexity index is 1330. The third kappa shape index (κ3) is 5.04. The number of carbonyl (C=O) groups is 1. The molecule has 2 heterocycles. The van der Waals surface area contributed by atoms with Gasteiger partial charge in [-0.1, -0.05) is 35.6 Å². The van der Waals surface area contributed by atoms with Gasteiger partial charge in [-0.25, -0.2) is 17.8 Å². The van der Waals surface area contributed by atoms with Gasteiger partial charge in [0.05, 0.1) is 27.1 Å². The van der Waals surface area contributed by atoms with Gasteiger partial charge in [0.25, 0.3) is 5.91 Å². The van der Waals surface area contributed by atoms with Gasteiger partial charge in [-0.3, -0.25) is 4.79 Å². The maximum Gasteiger partial charge on any atom is 0.250 e. The molecule has 0 fully saturated rings. The highest BCUT2D eigenvalue weighted by Crippen LogP contribution is 2.30. The van der Waals surface area contributed by atoms with Crippen LogP contribution < -0.4 is 5.01 Å². The molecular formula is C21H16FN3O3S3. The summed E-state index contributed by atoms with van der Waals surface area (Å²) < 4.78 is 39.2. The molecule has 0 atom stereocenters. The van der Waals surface area contributed by atoms with E-state index >= 15 is 0 Å². The summed E-state index contributed by atoms with van der Waals surface area (Å²) in [5, 5.41) is 7.46. The van der Waals surface area contributed by atoms with Crippen molar-refractivity contribution in [3.05, 3.63) is 76.7 Å². The van der Waals surface area contributed by atoms with Gasteiger partial charge in [0.15, 0.2) is 9.84 Å². The van der Waals surface area contributed by atoms with Gasteiger partial charge in [-0.05, 0) is 41.8 Å². The molecule has 10 heteroatoms. The quantitative estimate of drug-likeness (QED) is 0.287. The van der Waals surface area contributed by atoms with Gasteiger partial charge in [0, 0.05) is 11.3 Å². The van der Waals surface area contributed by atoms with Crippen LogP contribution in [0.1, 0.15) is 11.3 Å². The zero-order chi connectivity index (χ0) is 21.8. The van der Waals surface area contributed by atoms with Gasteiger partial charge < -0.3 is 0 Å². The Hall–Kier alpha value is -2.95. The molecule has 0 aliphatic heterocycles. The number of halogens is 1. The van der Waals surface area contributed by atoms with Crippen molar-refractivity contribution in [1.82, 2.24) is 4.98 Å². The molecule has 0 saturated heterocycles. The van der Waals surface area contributed by atoms with Crippen LogP contribution in [0.4, 0.5) is 9.52 Å². The molecule has 4 rings (SSSR count). The normalized spacial score (nSPS) is 11.9. The molecule has 0 unspecified atom stereocenters. The maximum atomic E-state index is 13.6. The molecule has 0 N–H and O–H groups in total. The lowest BCUT2D eigenvalue weighted by molar-refractivity contribution is -0.118. The van der Waals surface area contributed by atoms with Gasteiger partial charge >= 0.3 is 0 Å². The highest BCUT2D eigenvalue weighted by atomic mass is 32.2. The van der Waals surface area contributed by atoms with Crippen molar-refractivity contribution < 1.29 is 17.6 Å². The number of hydrogen-bond donors (Lipinski definition) is 0. The average Bonchev–Trinajstić information content (AvgIpc) is 3.42. The highest BCUT2D eigenvalue weighted by Gasteiger charge is 2.23. The number of fused-ring (bicyclic) bond motifs is 1. The van der Waals surface area contributed by atoms with Crippen LogP contribution in [-0.2, 0) is 14.6 Å². The number of anilines is 1. The van der Waals surface area contributed by atoms with E-state index in [1.54, 1.807) is 18.2 Å². The van der Waals surface area contributed by atoms with E-state index in [4.69, 9.17) is 0 Å². The fourth-order valence-corrected chi connectivity index (χ4v) is 5.55. The summed E-state index contributed by atoms with van der Waals surface area (Å²) in [5.74, 6) is -1.29. The Morgan fingerprint density at radius 1 is 1.13 bits per heavy atom. The Morgan fingerprint density at radius 3 is 2.68 bits per heavy atom. The van der Waals surface area contributed by atoms with Gasteiger partial charge in [0.2, 0.25) is 5.13 Å². The Kier molecular flexibility index (Phi) is 6.21. The Labute approximate surface area is 186 Å². The van der Waals surface area contributed by atoms with E-state index in [2.05, 4.69) is 10.1 Å². The summed E-state index contributed by atoms with van der Waals surface area (Å²) in [7, 11) is -3.62. The van der Waals surface area contributed by atoms with Gasteiger partial charge in [0.1, 0.15) is 5.82 Å². The van der Waals surface area contributed by atoms with E-state index in [-0.39, 0.29) is 22.2 Å². The monoisotopic (exact) mass is 473 g/mol. The zero-order valence-corrected chi connectivity index (χ0v) is 18.5. The number of aromatic nitrogens is 1. The van der Waals surface area contributed by atoms with E-state index in [0.717, 1.165) is 21.2 Å². The largest absolute Gasteiger partial charge is 0.272 e. The molecule has 0 aliphatic carbocycles. The summed E-state index contributed by atoms with van der Waals surface area (Å²) >= 11 is 2.55. The molecule has 158 valence electrons. The molecule has 4 aromatic rings. The number of carbonyl (C=O) groups excluding carboxylic acids is 1. The minimum absolute atomic E-state index is 0.159. The second kappa shape index (κ2) is 9.04. The molecule has 2 aromatic carbocycles. The van der Waals surface area contributed by atoms with Gasteiger partial charge in [-0.2, -0.15) is 10.1 Å². The summed E-state index contributed by atoms with van der Waals surface area (Å²) in [6.45, 7) is 0. The van der Waals surface area contributed by atoms with Crippen LogP contribution in [0.3, 0.4) is 0 Å². The standard InChI is InChI=1S/C21H16FN3O3S3/c22-15-8-9-18-19(13-15)30-21(24-18)25(23-14-16-5-4-11-29-16)20(26)10-12-31(27,28)17-6-2-1-3-7-17/h1-9,11,13-14H,10,12H2/b23-14+. The lowest BCUT2D eigenvalue weighted by Crippen LogP contribution is -2.27. The van der Waals surface area contributed by atoms with E-state index in [0.29, 0.717) is 10.2 Å². The third-order valence-electron chi connectivity index (χ3n) is 4.29. The minimum atomic E-state index is -3.62. The van der Waals surface area contributed by atoms with Gasteiger partial charge in [-0.15, -0.1) is 11.3 Å². The van der Waals surface area contributed by atoms with E-state index in [1.807, 2.05) is 17.5 Å². The lowest BCUT2D eigenvalue weighted by atomic mass is 10.3. The van der Waals surface area contributed by atoms with Crippen LogP contribution in [-0.4, -0.2) is 31.3 Å². The van der Waals surface area contributed by atoms with Crippen LogP contribution in [0.25, 0.3) is 10.2 Å². The molecule has 1 amide bonds. The lowest BCUT2D eigenvalue weighted by Gasteiger charge is -2.13. The number of nitrogens with zero attached hydrogens (tertiary/aromatic N) is 3. The van der Waals surface area contributed by atoms with Crippen LogP contribution in [0, 0.1) is 5.82 Å². The molecule has 31 heavy (non-hydrogen) atoms. The average molecular weight is 474 g/mol. The Balaban J connectivity index is 1.61. The van der Waals surface area contributed by atoms with Crippen molar-refractivity contribution in [2.24, 2.45) is 5.10 Å². The predicted octanol–water partition coefficient (Wildman–Crippen LogP) is 4.73. The summed E-state index contributed by atoms with van der Waals surface area (Å²) in [6.07, 6.45) is 1.24. The van der Waals surface area contributed by atoms with Crippen molar-refractivity contribution in [1.29, 1.82) is 0 Å². The Morgan fingerprint density at radius 2 is 1.94 bits per heavy atom. The molecule has 6 nitrogen and oxygen atoms in total. The van der Waals surface area contributed by atoms with Crippen molar-refractivity contribution in [2.75, 3.05) is 10.8 Å². The van der Waals surface area contributed by atoms with Crippen molar-refractivity contribution in [3.63, 3.8) is 0 Å². The smallest absolute Gasteiger partial charge is 0.250 e. The number of thiophene rings is 1. The van der Waals surface area contributed by atoms with Crippen LogP contribution in [0.2, 0.25) is 0 Å². The first-order chi connectivity index (χ1) is 14.9. The predicted molar refractivity (Wildman–Crippen MR) is 122 cm³/mol. The number of benzene rings is 2. The number of hydrogen-bond acceptors (Lipinski definition) is 7. The molecule has 0 spiro atoms. The second-order valence-corrected chi connectivity index (χ2v) is 10.6. The fraction of sp³-hybridized carbons (Fsp3) is 0.0952. The summed E-state index contributed by atoms with van der Waals surface area (Å²) in [5.41, 5.74) is 0.530. The van der Waals surface area contributed by atoms with Crippen molar-refractivity contribution in [3.8, 4) is 0 Å². The van der Waals surface area contributed by atoms with E-state index in [9.17, 15) is 17.6 Å². The number of sulfone groups is 1. The highest BCUT2D eigenvalue weighted by molar-refractivity contribution is 7.91. The summed E-state index contributed by atoms with van der Waals surface area (Å²) in [4.78, 5) is 18.3. The first-order valence-electron chi connectivity index (χ1n) is 9.17. The van der Waals surface area contributed by atoms with E-state index in [1.165, 1.54) is 47.9 Å². The van der Waals surface area contributed by atoms with Crippen molar-refractivity contribution >= 4 is 60.0 Å². The number of thiazole rings is 1. The maximum absolute atomic E-state index is 13.6. The number of rotatable bonds is 7. The third-order valence-corrected chi connectivity index (χ3v) is 7.82. The SMILES string of the molecule is O=C(CCS(=O)(=O)c1ccccc1)N(/N=C/c1cccs1)c1nc2ccc(F)cc2s1. The van der Waals surface area contributed by atoms with Crippen molar-refractivity contribution in [2.45, 2.75) is 11.3 Å². The zero-order valence-electron chi connectivity index (χ0n) is 16.0. The summed E-state index contributed by atoms with van der Waals surface area (Å²) in [6, 6.07) is 15.8. The molecule has 2 aromatic heterocycles. The number of amides is 1. The number of hydrazone groups is 1. The van der Waals surface area contributed by atoms with Crippen LogP contribution in [0.15, 0.2) is 76.0 Å². The molecular weight excluding hydrogens is 457 g/mol. The molecule has 0 radical (unpaired) electrons. The first kappa shape index (κ1) is 21.3. The second-order valence-electron chi connectivity index (χ2n) is 6.46. The van der Waals surface area contributed by atoms with Crippen LogP contribution >= 0.6 is 22.7 Å². The fourth-order valence-electron chi connectivity index (χ4n) is 2.75. The van der Waals surface area contributed by atoms with E-state index < -0.39 is 21.6 Å². The first-order valence-corrected chi connectivity index (χ1v) is 12.5.